The van der Waals surface area contributed by atoms with Crippen LogP contribution in [0.2, 0.25) is 10.0 Å². The second kappa shape index (κ2) is 10.1. The molecule has 1 N–H and O–H groups in total. The summed E-state index contributed by atoms with van der Waals surface area (Å²) in [5, 5.41) is 10.0. The summed E-state index contributed by atoms with van der Waals surface area (Å²) in [6.07, 6.45) is 0. The zero-order valence-corrected chi connectivity index (χ0v) is 18.8. The Morgan fingerprint density at radius 2 is 1.77 bits per heavy atom. The van der Waals surface area contributed by atoms with Gasteiger partial charge in [-0.2, -0.15) is 0 Å². The van der Waals surface area contributed by atoms with Gasteiger partial charge in [0, 0.05) is 27.4 Å². The van der Waals surface area contributed by atoms with Gasteiger partial charge in [0.2, 0.25) is 0 Å². The highest BCUT2D eigenvalue weighted by Crippen LogP contribution is 2.37. The minimum absolute atomic E-state index is 0.388. The van der Waals surface area contributed by atoms with Crippen molar-refractivity contribution < 1.29 is 19.4 Å². The number of benzene rings is 3. The van der Waals surface area contributed by atoms with Gasteiger partial charge in [0.25, 0.3) is 0 Å². The van der Waals surface area contributed by atoms with E-state index in [1.165, 1.54) is 0 Å². The van der Waals surface area contributed by atoms with E-state index < -0.39 is 5.97 Å². The summed E-state index contributed by atoms with van der Waals surface area (Å²) in [7, 11) is 1.58. The summed E-state index contributed by atoms with van der Waals surface area (Å²) in [5.41, 5.74) is 3.97. The summed E-state index contributed by atoms with van der Waals surface area (Å²) in [6, 6.07) is 17.4. The minimum atomic E-state index is -1.02. The molecule has 7 heteroatoms. The van der Waals surface area contributed by atoms with Crippen LogP contribution >= 0.6 is 35.0 Å². The molecule has 0 aliphatic carbocycles. The molecule has 156 valence electrons. The van der Waals surface area contributed by atoms with Crippen LogP contribution in [0.25, 0.3) is 11.1 Å². The second-order valence-corrected chi connectivity index (χ2v) is 8.42. The molecule has 0 saturated heterocycles. The third-order valence-corrected chi connectivity index (χ3v) is 6.06. The Morgan fingerprint density at radius 3 is 2.40 bits per heavy atom. The maximum absolute atomic E-state index is 10.7. The molecule has 3 rings (SSSR count). The van der Waals surface area contributed by atoms with Crippen LogP contribution in [0.5, 0.6) is 11.5 Å². The van der Waals surface area contributed by atoms with E-state index in [4.69, 9.17) is 37.8 Å². The highest BCUT2D eigenvalue weighted by Gasteiger charge is 2.12. The van der Waals surface area contributed by atoms with Gasteiger partial charge in [-0.1, -0.05) is 53.5 Å². The second-order valence-electron chi connectivity index (χ2n) is 6.56. The summed E-state index contributed by atoms with van der Waals surface area (Å²) in [6.45, 7) is 1.49. The molecule has 0 aromatic heterocycles. The van der Waals surface area contributed by atoms with E-state index in [1.54, 1.807) is 31.0 Å². The zero-order chi connectivity index (χ0) is 21.7. The number of aliphatic carboxylic acids is 1. The topological polar surface area (TPSA) is 55.8 Å². The highest BCUT2D eigenvalue weighted by atomic mass is 35.5. The van der Waals surface area contributed by atoms with Gasteiger partial charge in [-0.3, -0.25) is 0 Å². The van der Waals surface area contributed by atoms with Gasteiger partial charge in [0.05, 0.1) is 12.0 Å². The number of carbonyl (C=O) groups is 1. The van der Waals surface area contributed by atoms with Crippen LogP contribution in [0.4, 0.5) is 0 Å². The lowest BCUT2D eigenvalue weighted by Crippen LogP contribution is -2.10. The first-order chi connectivity index (χ1) is 14.4. The zero-order valence-electron chi connectivity index (χ0n) is 16.4. The van der Waals surface area contributed by atoms with Gasteiger partial charge in [0.15, 0.2) is 6.61 Å². The number of ether oxygens (including phenoxy) is 2. The lowest BCUT2D eigenvalue weighted by atomic mass is 10.0. The molecular formula is C23H20Cl2O4S. The van der Waals surface area contributed by atoms with Crippen molar-refractivity contribution in [2.45, 2.75) is 17.6 Å². The minimum Gasteiger partial charge on any atom is -0.495 e. The van der Waals surface area contributed by atoms with E-state index in [-0.39, 0.29) is 6.61 Å². The molecule has 30 heavy (non-hydrogen) atoms. The Bertz CT molecular complexity index is 1050. The molecule has 0 saturated carbocycles. The normalized spacial score (nSPS) is 10.7. The van der Waals surface area contributed by atoms with Crippen LogP contribution < -0.4 is 9.47 Å². The van der Waals surface area contributed by atoms with Gasteiger partial charge < -0.3 is 14.6 Å². The molecule has 3 aromatic rings. The predicted octanol–water partition coefficient (Wildman–Crippen LogP) is 6.73. The fraction of sp³-hybridized carbons (Fsp3) is 0.174. The highest BCUT2D eigenvalue weighted by molar-refractivity contribution is 7.98. The van der Waals surface area contributed by atoms with Crippen molar-refractivity contribution in [1.29, 1.82) is 0 Å². The van der Waals surface area contributed by atoms with Crippen molar-refractivity contribution in [2.24, 2.45) is 0 Å². The van der Waals surface area contributed by atoms with Crippen LogP contribution in [0, 0.1) is 6.92 Å². The Morgan fingerprint density at radius 1 is 1.03 bits per heavy atom. The number of aryl methyl sites for hydroxylation is 1. The van der Waals surface area contributed by atoms with E-state index in [0.717, 1.165) is 32.9 Å². The van der Waals surface area contributed by atoms with E-state index in [0.29, 0.717) is 21.5 Å². The van der Waals surface area contributed by atoms with Crippen molar-refractivity contribution in [3.8, 4) is 22.6 Å². The van der Waals surface area contributed by atoms with E-state index in [1.807, 2.05) is 37.3 Å². The number of methoxy groups -OCH3 is 1. The smallest absolute Gasteiger partial charge is 0.341 e. The van der Waals surface area contributed by atoms with Crippen LogP contribution in [0.1, 0.15) is 11.1 Å². The van der Waals surface area contributed by atoms with E-state index >= 15 is 0 Å². The van der Waals surface area contributed by atoms with Gasteiger partial charge in [-0.15, -0.1) is 11.8 Å². The number of hydrogen-bond donors (Lipinski definition) is 1. The summed E-state index contributed by atoms with van der Waals surface area (Å²) >= 11 is 13.9. The average Bonchev–Trinajstić information content (AvgIpc) is 2.72. The summed E-state index contributed by atoms with van der Waals surface area (Å²) in [5.74, 6) is 0.883. The summed E-state index contributed by atoms with van der Waals surface area (Å²) < 4.78 is 10.8. The Hall–Kier alpha value is -2.34. The van der Waals surface area contributed by atoms with Crippen LogP contribution in [-0.4, -0.2) is 24.8 Å². The lowest BCUT2D eigenvalue weighted by molar-refractivity contribution is -0.139. The number of rotatable bonds is 8. The molecule has 0 spiro atoms. The Labute approximate surface area is 189 Å². The first-order valence-corrected chi connectivity index (χ1v) is 10.8. The fourth-order valence-corrected chi connectivity index (χ4v) is 4.45. The molecule has 4 nitrogen and oxygen atoms in total. The first-order valence-electron chi connectivity index (χ1n) is 9.07. The number of hydrogen-bond acceptors (Lipinski definition) is 4. The molecular weight excluding hydrogens is 443 g/mol. The van der Waals surface area contributed by atoms with Crippen molar-refractivity contribution in [1.82, 2.24) is 0 Å². The van der Waals surface area contributed by atoms with Gasteiger partial charge >= 0.3 is 5.97 Å². The van der Waals surface area contributed by atoms with Gasteiger partial charge in [0.1, 0.15) is 11.5 Å². The number of carboxylic acid groups (broad SMARTS) is 1. The van der Waals surface area contributed by atoms with E-state index in [2.05, 4.69) is 12.1 Å². The van der Waals surface area contributed by atoms with Gasteiger partial charge in [-0.25, -0.2) is 4.79 Å². The molecule has 0 heterocycles. The average molecular weight is 463 g/mol. The van der Waals surface area contributed by atoms with Gasteiger partial charge in [-0.05, 0) is 41.8 Å². The quantitative estimate of drug-likeness (QED) is 0.375. The summed E-state index contributed by atoms with van der Waals surface area (Å²) in [4.78, 5) is 11.7. The fourth-order valence-electron chi connectivity index (χ4n) is 2.88. The first kappa shape index (κ1) is 22.3. The van der Waals surface area contributed by atoms with Crippen molar-refractivity contribution in [3.63, 3.8) is 0 Å². The largest absolute Gasteiger partial charge is 0.495 e. The van der Waals surface area contributed by atoms with Crippen molar-refractivity contribution in [2.75, 3.05) is 13.7 Å². The molecule has 0 unspecified atom stereocenters. The van der Waals surface area contributed by atoms with Crippen LogP contribution in [0.15, 0.2) is 59.5 Å². The molecule has 0 amide bonds. The molecule has 0 bridgehead atoms. The van der Waals surface area contributed by atoms with Crippen molar-refractivity contribution in [3.05, 3.63) is 75.8 Å². The Kier molecular flexibility index (Phi) is 7.53. The molecule has 0 radical (unpaired) electrons. The maximum Gasteiger partial charge on any atom is 0.341 e. The van der Waals surface area contributed by atoms with Crippen LogP contribution in [-0.2, 0) is 10.5 Å². The lowest BCUT2D eigenvalue weighted by Gasteiger charge is -2.14. The monoisotopic (exact) mass is 462 g/mol. The third kappa shape index (κ3) is 5.63. The molecule has 3 aromatic carbocycles. The predicted molar refractivity (Wildman–Crippen MR) is 122 cm³/mol. The standard InChI is InChI=1S/C23H20Cl2O4S/c1-14-9-22(21(28-2)11-20(14)29-12-23(26)27)30-13-15-3-5-16(6-4-15)18-8-7-17(24)10-19(18)25/h3-11H,12-13H2,1-2H3,(H,26,27). The Balaban J connectivity index is 1.72. The number of carboxylic acids is 1. The van der Waals surface area contributed by atoms with Crippen molar-refractivity contribution >= 4 is 40.9 Å². The molecule has 0 fully saturated rings. The number of halogens is 2. The molecule has 0 atom stereocenters. The molecule has 0 aliphatic heterocycles. The maximum atomic E-state index is 10.7. The van der Waals surface area contributed by atoms with E-state index in [9.17, 15) is 4.79 Å². The number of thioether (sulfide) groups is 1. The molecule has 0 aliphatic rings. The SMILES string of the molecule is COc1cc(OCC(=O)O)c(C)cc1SCc1ccc(-c2ccc(Cl)cc2Cl)cc1. The third-order valence-electron chi connectivity index (χ3n) is 4.40. The van der Waals surface area contributed by atoms with Crippen LogP contribution in [0.3, 0.4) is 0 Å².